The highest BCUT2D eigenvalue weighted by Gasteiger charge is 2.32. The van der Waals surface area contributed by atoms with Gasteiger partial charge in [-0.25, -0.2) is 0 Å². The molecule has 1 aliphatic heterocycles. The van der Waals surface area contributed by atoms with Crippen LogP contribution in [-0.2, 0) is 23.0 Å². The molecule has 6 heteroatoms. The van der Waals surface area contributed by atoms with Crippen LogP contribution in [0, 0.1) is 13.8 Å². The maximum atomic E-state index is 13.1. The lowest BCUT2D eigenvalue weighted by Crippen LogP contribution is -2.44. The van der Waals surface area contributed by atoms with Gasteiger partial charge >= 0.3 is 0 Å². The fraction of sp³-hybridized carbons (Fsp3) is 0.381. The van der Waals surface area contributed by atoms with Gasteiger partial charge in [0.1, 0.15) is 0 Å². The molecular weight excluding hydrogens is 340 g/mol. The fourth-order valence-corrected chi connectivity index (χ4v) is 3.90. The van der Waals surface area contributed by atoms with E-state index in [-0.39, 0.29) is 11.9 Å². The van der Waals surface area contributed by atoms with Gasteiger partial charge in [0.15, 0.2) is 0 Å². The van der Waals surface area contributed by atoms with Gasteiger partial charge in [0, 0.05) is 36.4 Å². The standard InChI is InChI=1S/C21H24N4O2/c1-14-21(15(2)24(3)23-14)19-13-27-9-8-25(19)20(26)11-16-10-17-6-4-5-7-18(17)22-12-16/h4-7,10,12,19H,8-9,11,13H2,1-3H3. The Hall–Kier alpha value is -2.73. The van der Waals surface area contributed by atoms with Crippen molar-refractivity contribution in [2.75, 3.05) is 19.8 Å². The molecule has 1 fully saturated rings. The zero-order valence-corrected chi connectivity index (χ0v) is 16.0. The van der Waals surface area contributed by atoms with Gasteiger partial charge in [0.25, 0.3) is 0 Å². The molecule has 1 amide bonds. The number of aromatic nitrogens is 3. The zero-order valence-electron chi connectivity index (χ0n) is 16.0. The van der Waals surface area contributed by atoms with Crippen LogP contribution in [0.2, 0.25) is 0 Å². The summed E-state index contributed by atoms with van der Waals surface area (Å²) in [7, 11) is 1.93. The van der Waals surface area contributed by atoms with Crippen molar-refractivity contribution in [1.29, 1.82) is 0 Å². The van der Waals surface area contributed by atoms with Crippen molar-refractivity contribution < 1.29 is 9.53 Å². The summed E-state index contributed by atoms with van der Waals surface area (Å²) in [4.78, 5) is 19.6. The number of fused-ring (bicyclic) bond motifs is 1. The SMILES string of the molecule is Cc1nn(C)c(C)c1C1COCCN1C(=O)Cc1cnc2ccccc2c1. The van der Waals surface area contributed by atoms with E-state index in [0.29, 0.717) is 26.2 Å². The van der Waals surface area contributed by atoms with E-state index in [1.54, 1.807) is 6.20 Å². The number of carbonyl (C=O) groups is 1. The number of pyridine rings is 1. The summed E-state index contributed by atoms with van der Waals surface area (Å²) in [6, 6.07) is 9.92. The van der Waals surface area contributed by atoms with Crippen molar-refractivity contribution >= 4 is 16.8 Å². The maximum absolute atomic E-state index is 13.1. The summed E-state index contributed by atoms with van der Waals surface area (Å²) < 4.78 is 7.57. The number of hydrogen-bond acceptors (Lipinski definition) is 4. The van der Waals surface area contributed by atoms with Gasteiger partial charge in [-0.1, -0.05) is 18.2 Å². The summed E-state index contributed by atoms with van der Waals surface area (Å²) in [5, 5.41) is 5.57. The Balaban J connectivity index is 1.60. The molecule has 1 saturated heterocycles. The van der Waals surface area contributed by atoms with Gasteiger partial charge in [0.05, 0.1) is 36.9 Å². The fourth-order valence-electron chi connectivity index (χ4n) is 3.90. The number of nitrogens with zero attached hydrogens (tertiary/aromatic N) is 4. The van der Waals surface area contributed by atoms with Gasteiger partial charge < -0.3 is 9.64 Å². The summed E-state index contributed by atoms with van der Waals surface area (Å²) in [5.74, 6) is 0.100. The molecule has 3 aromatic rings. The summed E-state index contributed by atoms with van der Waals surface area (Å²) in [6.07, 6.45) is 2.14. The molecule has 1 aliphatic rings. The van der Waals surface area contributed by atoms with Gasteiger partial charge in [-0.15, -0.1) is 0 Å². The Kier molecular flexibility index (Phi) is 4.66. The minimum atomic E-state index is -0.0895. The third-order valence-electron chi connectivity index (χ3n) is 5.35. The van der Waals surface area contributed by atoms with Crippen LogP contribution in [0.3, 0.4) is 0 Å². The van der Waals surface area contributed by atoms with Crippen LogP contribution in [0.5, 0.6) is 0 Å². The normalized spacial score (nSPS) is 17.4. The van der Waals surface area contributed by atoms with E-state index in [1.807, 2.05) is 54.7 Å². The first-order valence-electron chi connectivity index (χ1n) is 9.25. The molecule has 0 radical (unpaired) electrons. The summed E-state index contributed by atoms with van der Waals surface area (Å²) in [5.41, 5.74) is 5.01. The molecule has 6 nitrogen and oxygen atoms in total. The number of amides is 1. The Morgan fingerprint density at radius 1 is 1.30 bits per heavy atom. The highest BCUT2D eigenvalue weighted by Crippen LogP contribution is 2.29. The molecule has 1 aromatic carbocycles. The van der Waals surface area contributed by atoms with Gasteiger partial charge in [0.2, 0.25) is 5.91 Å². The third-order valence-corrected chi connectivity index (χ3v) is 5.35. The monoisotopic (exact) mass is 364 g/mol. The van der Waals surface area contributed by atoms with E-state index in [4.69, 9.17) is 4.74 Å². The molecule has 140 valence electrons. The number of carbonyl (C=O) groups excluding carboxylic acids is 1. The molecule has 0 aliphatic carbocycles. The quantitative estimate of drug-likeness (QED) is 0.717. The van der Waals surface area contributed by atoms with Crippen LogP contribution in [0.15, 0.2) is 36.5 Å². The van der Waals surface area contributed by atoms with Crippen LogP contribution < -0.4 is 0 Å². The Bertz CT molecular complexity index is 995. The number of ether oxygens (including phenoxy) is 1. The minimum absolute atomic E-state index is 0.0895. The number of morpholine rings is 1. The minimum Gasteiger partial charge on any atom is -0.377 e. The molecule has 3 heterocycles. The molecule has 0 spiro atoms. The predicted octanol–water partition coefficient (Wildman–Crippen LogP) is 2.73. The molecule has 0 bridgehead atoms. The first-order valence-corrected chi connectivity index (χ1v) is 9.25. The van der Waals surface area contributed by atoms with E-state index >= 15 is 0 Å². The molecule has 4 rings (SSSR count). The third kappa shape index (κ3) is 3.32. The van der Waals surface area contributed by atoms with Crippen molar-refractivity contribution in [1.82, 2.24) is 19.7 Å². The lowest BCUT2D eigenvalue weighted by Gasteiger charge is -2.36. The molecular formula is C21H24N4O2. The Morgan fingerprint density at radius 2 is 2.11 bits per heavy atom. The van der Waals surface area contributed by atoms with Crippen molar-refractivity contribution in [3.63, 3.8) is 0 Å². The average molecular weight is 364 g/mol. The van der Waals surface area contributed by atoms with Gasteiger partial charge in [-0.3, -0.25) is 14.5 Å². The summed E-state index contributed by atoms with van der Waals surface area (Å²) in [6.45, 7) is 5.70. The zero-order chi connectivity index (χ0) is 19.0. The first-order chi connectivity index (χ1) is 13.0. The number of benzene rings is 1. The summed E-state index contributed by atoms with van der Waals surface area (Å²) >= 11 is 0. The van der Waals surface area contributed by atoms with Crippen LogP contribution in [0.4, 0.5) is 0 Å². The average Bonchev–Trinajstić information content (AvgIpc) is 2.93. The first kappa shape index (κ1) is 17.7. The number of hydrogen-bond donors (Lipinski definition) is 0. The molecule has 2 aromatic heterocycles. The van der Waals surface area contributed by atoms with Crippen molar-refractivity contribution in [3.05, 3.63) is 59.0 Å². The second-order valence-electron chi connectivity index (χ2n) is 7.10. The Labute approximate surface area is 158 Å². The molecule has 1 atom stereocenters. The molecule has 1 unspecified atom stereocenters. The second kappa shape index (κ2) is 7.12. The number of para-hydroxylation sites is 1. The molecule has 27 heavy (non-hydrogen) atoms. The van der Waals surface area contributed by atoms with E-state index in [9.17, 15) is 4.79 Å². The van der Waals surface area contributed by atoms with E-state index in [2.05, 4.69) is 16.1 Å². The van der Waals surface area contributed by atoms with Crippen LogP contribution in [-0.4, -0.2) is 45.3 Å². The number of aryl methyl sites for hydroxylation is 2. The van der Waals surface area contributed by atoms with Crippen molar-refractivity contribution in [2.45, 2.75) is 26.3 Å². The smallest absolute Gasteiger partial charge is 0.227 e. The second-order valence-corrected chi connectivity index (χ2v) is 7.10. The number of rotatable bonds is 3. The lowest BCUT2D eigenvalue weighted by atomic mass is 10.0. The Morgan fingerprint density at radius 3 is 2.89 bits per heavy atom. The molecule has 0 saturated carbocycles. The van der Waals surface area contributed by atoms with E-state index < -0.39 is 0 Å². The largest absolute Gasteiger partial charge is 0.377 e. The van der Waals surface area contributed by atoms with E-state index in [1.165, 1.54) is 0 Å². The van der Waals surface area contributed by atoms with Crippen LogP contribution >= 0.6 is 0 Å². The molecule has 0 N–H and O–H groups in total. The maximum Gasteiger partial charge on any atom is 0.227 e. The van der Waals surface area contributed by atoms with E-state index in [0.717, 1.165) is 33.4 Å². The van der Waals surface area contributed by atoms with Crippen LogP contribution in [0.1, 0.15) is 28.6 Å². The van der Waals surface area contributed by atoms with Crippen LogP contribution in [0.25, 0.3) is 10.9 Å². The van der Waals surface area contributed by atoms with Crippen molar-refractivity contribution in [2.24, 2.45) is 7.05 Å². The predicted molar refractivity (Wildman–Crippen MR) is 103 cm³/mol. The van der Waals surface area contributed by atoms with Gasteiger partial charge in [-0.2, -0.15) is 5.10 Å². The lowest BCUT2D eigenvalue weighted by molar-refractivity contribution is -0.139. The van der Waals surface area contributed by atoms with Gasteiger partial charge in [-0.05, 0) is 31.5 Å². The van der Waals surface area contributed by atoms with Crippen molar-refractivity contribution in [3.8, 4) is 0 Å². The highest BCUT2D eigenvalue weighted by molar-refractivity contribution is 5.83. The topological polar surface area (TPSA) is 60.2 Å². The highest BCUT2D eigenvalue weighted by atomic mass is 16.5.